The summed E-state index contributed by atoms with van der Waals surface area (Å²) in [6.45, 7) is 6.95. The van der Waals surface area contributed by atoms with Gasteiger partial charge in [0.2, 0.25) is 0 Å². The molecule has 5 nitrogen and oxygen atoms in total. The predicted molar refractivity (Wildman–Crippen MR) is 126 cm³/mol. The first kappa shape index (κ1) is 21.7. The number of para-hydroxylation sites is 1. The van der Waals surface area contributed by atoms with Gasteiger partial charge in [-0.15, -0.1) is 24.0 Å². The second kappa shape index (κ2) is 10.7. The summed E-state index contributed by atoms with van der Waals surface area (Å²) in [7, 11) is 0. The van der Waals surface area contributed by atoms with Gasteiger partial charge in [-0.3, -0.25) is 0 Å². The minimum atomic E-state index is 0. The highest BCUT2D eigenvalue weighted by Gasteiger charge is 2.31. The van der Waals surface area contributed by atoms with E-state index in [4.69, 9.17) is 9.73 Å². The normalized spacial score (nSPS) is 21.1. The summed E-state index contributed by atoms with van der Waals surface area (Å²) in [6, 6.07) is 9.74. The van der Waals surface area contributed by atoms with Crippen molar-refractivity contribution < 1.29 is 4.74 Å². The topological polar surface area (TPSA) is 48.9 Å². The Bertz CT molecular complexity index is 637. The Hall–Kier alpha value is -1.02. The van der Waals surface area contributed by atoms with E-state index >= 15 is 0 Å². The molecule has 156 valence electrons. The van der Waals surface area contributed by atoms with Gasteiger partial charge in [-0.25, -0.2) is 4.99 Å². The number of halogens is 1. The minimum absolute atomic E-state index is 0. The van der Waals surface area contributed by atoms with Crippen molar-refractivity contribution in [3.63, 3.8) is 0 Å². The van der Waals surface area contributed by atoms with Gasteiger partial charge in [0, 0.05) is 37.3 Å². The van der Waals surface area contributed by atoms with Gasteiger partial charge in [-0.1, -0.05) is 18.2 Å². The third-order valence-corrected chi connectivity index (χ3v) is 5.83. The second-order valence-electron chi connectivity index (χ2n) is 8.24. The zero-order chi connectivity index (χ0) is 18.5. The van der Waals surface area contributed by atoms with Gasteiger partial charge in [0.15, 0.2) is 5.96 Å². The van der Waals surface area contributed by atoms with Gasteiger partial charge >= 0.3 is 0 Å². The van der Waals surface area contributed by atoms with Crippen molar-refractivity contribution in [3.8, 4) is 5.75 Å². The van der Waals surface area contributed by atoms with Gasteiger partial charge in [-0.05, 0) is 57.4 Å². The Morgan fingerprint density at radius 3 is 2.54 bits per heavy atom. The number of guanidine groups is 1. The molecule has 2 saturated carbocycles. The SMILES string of the molecule is CCNC(=NCc1ccccc1OCC1CC1)NC1CCN(C2CC2)CC1.I. The number of nitrogens with one attached hydrogen (secondary N) is 2. The summed E-state index contributed by atoms with van der Waals surface area (Å²) < 4.78 is 6.03. The molecule has 0 spiro atoms. The largest absolute Gasteiger partial charge is 0.493 e. The Labute approximate surface area is 186 Å². The van der Waals surface area contributed by atoms with E-state index in [1.54, 1.807) is 0 Å². The lowest BCUT2D eigenvalue weighted by Gasteiger charge is -2.33. The van der Waals surface area contributed by atoms with Gasteiger partial charge in [0.25, 0.3) is 0 Å². The van der Waals surface area contributed by atoms with Gasteiger partial charge < -0.3 is 20.3 Å². The van der Waals surface area contributed by atoms with Gasteiger partial charge in [0.05, 0.1) is 13.2 Å². The van der Waals surface area contributed by atoms with Crippen LogP contribution < -0.4 is 15.4 Å². The molecule has 3 aliphatic rings. The number of benzene rings is 1. The first-order chi connectivity index (χ1) is 13.3. The molecule has 0 bridgehead atoms. The number of hydrogen-bond acceptors (Lipinski definition) is 3. The van der Waals surface area contributed by atoms with Crippen LogP contribution >= 0.6 is 24.0 Å². The smallest absolute Gasteiger partial charge is 0.191 e. The van der Waals surface area contributed by atoms with E-state index in [9.17, 15) is 0 Å². The highest BCUT2D eigenvalue weighted by molar-refractivity contribution is 14.0. The molecule has 28 heavy (non-hydrogen) atoms. The molecule has 0 unspecified atom stereocenters. The predicted octanol–water partition coefficient (Wildman–Crippen LogP) is 3.78. The van der Waals surface area contributed by atoms with E-state index in [1.807, 2.05) is 6.07 Å². The van der Waals surface area contributed by atoms with Crippen LogP contribution in [-0.4, -0.2) is 49.2 Å². The molecular weight excluding hydrogens is 463 g/mol. The van der Waals surface area contributed by atoms with Crippen LogP contribution in [0.4, 0.5) is 0 Å². The minimum Gasteiger partial charge on any atom is -0.493 e. The maximum absolute atomic E-state index is 6.03. The fourth-order valence-corrected chi connectivity index (χ4v) is 3.79. The fraction of sp³-hybridized carbons (Fsp3) is 0.682. The third kappa shape index (κ3) is 6.51. The first-order valence-corrected chi connectivity index (χ1v) is 10.8. The fourth-order valence-electron chi connectivity index (χ4n) is 3.79. The van der Waals surface area contributed by atoms with E-state index in [-0.39, 0.29) is 24.0 Å². The van der Waals surface area contributed by atoms with E-state index in [1.165, 1.54) is 57.2 Å². The van der Waals surface area contributed by atoms with Crippen LogP contribution in [0.3, 0.4) is 0 Å². The Morgan fingerprint density at radius 2 is 1.86 bits per heavy atom. The second-order valence-corrected chi connectivity index (χ2v) is 8.24. The first-order valence-electron chi connectivity index (χ1n) is 10.8. The van der Waals surface area contributed by atoms with Crippen molar-refractivity contribution in [1.29, 1.82) is 0 Å². The average Bonchev–Trinajstić information content (AvgIpc) is 3.59. The Kier molecular flexibility index (Phi) is 8.26. The number of likely N-dealkylation sites (tertiary alicyclic amines) is 1. The monoisotopic (exact) mass is 498 g/mol. The number of piperidine rings is 1. The number of rotatable bonds is 8. The molecule has 1 heterocycles. The highest BCUT2D eigenvalue weighted by atomic mass is 127. The van der Waals surface area contributed by atoms with Crippen LogP contribution in [0.2, 0.25) is 0 Å². The molecule has 2 N–H and O–H groups in total. The van der Waals surface area contributed by atoms with Crippen molar-refractivity contribution in [2.75, 3.05) is 26.2 Å². The molecule has 4 rings (SSSR count). The summed E-state index contributed by atoms with van der Waals surface area (Å²) in [5.41, 5.74) is 1.17. The lowest BCUT2D eigenvalue weighted by molar-refractivity contribution is 0.197. The molecule has 0 atom stereocenters. The highest BCUT2D eigenvalue weighted by Crippen LogP contribution is 2.31. The summed E-state index contributed by atoms with van der Waals surface area (Å²) >= 11 is 0. The van der Waals surface area contributed by atoms with Crippen molar-refractivity contribution in [3.05, 3.63) is 29.8 Å². The molecule has 1 aromatic carbocycles. The quantitative estimate of drug-likeness (QED) is 0.326. The zero-order valence-electron chi connectivity index (χ0n) is 17.0. The summed E-state index contributed by atoms with van der Waals surface area (Å²) in [4.78, 5) is 7.51. The zero-order valence-corrected chi connectivity index (χ0v) is 19.4. The van der Waals surface area contributed by atoms with Crippen LogP contribution in [0.25, 0.3) is 0 Å². The molecule has 0 aromatic heterocycles. The van der Waals surface area contributed by atoms with Crippen molar-refractivity contribution in [1.82, 2.24) is 15.5 Å². The Morgan fingerprint density at radius 1 is 1.11 bits per heavy atom. The lowest BCUT2D eigenvalue weighted by Crippen LogP contribution is -2.49. The molecule has 2 aliphatic carbocycles. The van der Waals surface area contributed by atoms with E-state index in [0.29, 0.717) is 12.6 Å². The van der Waals surface area contributed by atoms with Crippen molar-refractivity contribution in [2.24, 2.45) is 10.9 Å². The number of nitrogens with zero attached hydrogens (tertiary/aromatic N) is 2. The Balaban J connectivity index is 0.00000225. The molecule has 1 aliphatic heterocycles. The summed E-state index contributed by atoms with van der Waals surface area (Å²) in [6.07, 6.45) is 7.86. The number of aliphatic imine (C=N–C) groups is 1. The molecule has 6 heteroatoms. The molecule has 0 amide bonds. The lowest BCUT2D eigenvalue weighted by atomic mass is 10.1. The van der Waals surface area contributed by atoms with Gasteiger partial charge in [-0.2, -0.15) is 0 Å². The maximum Gasteiger partial charge on any atom is 0.191 e. The van der Waals surface area contributed by atoms with Crippen molar-refractivity contribution in [2.45, 2.75) is 64.1 Å². The third-order valence-electron chi connectivity index (χ3n) is 5.83. The standard InChI is InChI=1S/C22H34N4O.HI/c1-2-23-22(25-19-11-13-26(14-12-19)20-9-10-20)24-15-18-5-3-4-6-21(18)27-16-17-7-8-17;/h3-6,17,19-20H,2,7-16H2,1H3,(H2,23,24,25);1H. The maximum atomic E-state index is 6.03. The van der Waals surface area contributed by atoms with E-state index < -0.39 is 0 Å². The molecule has 3 fully saturated rings. The average molecular weight is 498 g/mol. The molecule has 0 radical (unpaired) electrons. The van der Waals surface area contributed by atoms with E-state index in [0.717, 1.165) is 36.8 Å². The van der Waals surface area contributed by atoms with Crippen LogP contribution in [0.5, 0.6) is 5.75 Å². The van der Waals surface area contributed by atoms with Crippen molar-refractivity contribution >= 4 is 29.9 Å². The molecule has 1 aromatic rings. The summed E-state index contributed by atoms with van der Waals surface area (Å²) in [5, 5.41) is 7.07. The van der Waals surface area contributed by atoms with Crippen LogP contribution in [0.15, 0.2) is 29.3 Å². The number of hydrogen-bond donors (Lipinski definition) is 2. The molecule has 1 saturated heterocycles. The van der Waals surface area contributed by atoms with E-state index in [2.05, 4.69) is 40.7 Å². The number of ether oxygens (including phenoxy) is 1. The summed E-state index contributed by atoms with van der Waals surface area (Å²) in [5.74, 6) is 2.68. The van der Waals surface area contributed by atoms with Crippen LogP contribution in [-0.2, 0) is 6.54 Å². The van der Waals surface area contributed by atoms with Gasteiger partial charge in [0.1, 0.15) is 5.75 Å². The molecular formula is C22H35IN4O. The van der Waals surface area contributed by atoms with Crippen LogP contribution in [0, 0.1) is 5.92 Å². The van der Waals surface area contributed by atoms with Crippen LogP contribution in [0.1, 0.15) is 51.0 Å².